The zero-order valence-electron chi connectivity index (χ0n) is 19.5. The highest BCUT2D eigenvalue weighted by atomic mass is 16.6. The summed E-state index contributed by atoms with van der Waals surface area (Å²) in [6.07, 6.45) is 0. The molecule has 1 aliphatic carbocycles. The van der Waals surface area contributed by atoms with Gasteiger partial charge in [-0.1, -0.05) is 67.2 Å². The number of rotatable bonds is 9. The number of hydrogen-bond acceptors (Lipinski definition) is 5. The van der Waals surface area contributed by atoms with Gasteiger partial charge in [-0.2, -0.15) is 0 Å². The van der Waals surface area contributed by atoms with Crippen LogP contribution in [-0.2, 0) is 24.4 Å². The lowest BCUT2D eigenvalue weighted by molar-refractivity contribution is -0.140. The van der Waals surface area contributed by atoms with Crippen molar-refractivity contribution >= 4 is 11.9 Å². The Hall–Kier alpha value is -3.70. The number of carbonyl (C=O) groups is 2. The molecule has 34 heavy (non-hydrogen) atoms. The molecule has 0 aliphatic heterocycles. The van der Waals surface area contributed by atoms with Crippen LogP contribution in [0.5, 0.6) is 0 Å². The molecule has 0 N–H and O–H groups in total. The molecule has 0 saturated heterocycles. The largest absolute Gasteiger partial charge is 0.460 e. The predicted molar refractivity (Wildman–Crippen MR) is 131 cm³/mol. The van der Waals surface area contributed by atoms with E-state index in [0.717, 1.165) is 5.56 Å². The third kappa shape index (κ3) is 4.52. The van der Waals surface area contributed by atoms with Crippen molar-refractivity contribution in [2.75, 3.05) is 26.4 Å². The number of esters is 2. The Balaban J connectivity index is 1.36. The van der Waals surface area contributed by atoms with E-state index in [1.807, 2.05) is 24.3 Å². The van der Waals surface area contributed by atoms with Crippen LogP contribution in [0.3, 0.4) is 0 Å². The van der Waals surface area contributed by atoms with Gasteiger partial charge in [-0.15, -0.1) is 0 Å². The van der Waals surface area contributed by atoms with Crippen molar-refractivity contribution in [2.45, 2.75) is 19.3 Å². The zero-order valence-corrected chi connectivity index (χ0v) is 19.5. The lowest BCUT2D eigenvalue weighted by atomic mass is 9.74. The smallest absolute Gasteiger partial charge is 0.338 e. The van der Waals surface area contributed by atoms with Crippen LogP contribution in [0.1, 0.15) is 40.9 Å². The molecule has 0 fully saturated rings. The van der Waals surface area contributed by atoms with Crippen molar-refractivity contribution in [3.05, 3.63) is 107 Å². The first-order valence-corrected chi connectivity index (χ1v) is 11.3. The van der Waals surface area contributed by atoms with Crippen molar-refractivity contribution in [1.82, 2.24) is 0 Å². The Morgan fingerprint density at radius 1 is 0.765 bits per heavy atom. The molecule has 3 aromatic carbocycles. The summed E-state index contributed by atoms with van der Waals surface area (Å²) in [5.74, 6) is -0.849. The second-order valence-electron chi connectivity index (χ2n) is 8.46. The van der Waals surface area contributed by atoms with E-state index < -0.39 is 11.9 Å². The van der Waals surface area contributed by atoms with Crippen LogP contribution in [0.2, 0.25) is 0 Å². The fraction of sp³-hybridized carbons (Fsp3) is 0.241. The summed E-state index contributed by atoms with van der Waals surface area (Å²) in [4.78, 5) is 23.7. The summed E-state index contributed by atoms with van der Waals surface area (Å²) in [7, 11) is 0. The Kier molecular flexibility index (Phi) is 6.94. The molecule has 0 bridgehead atoms. The van der Waals surface area contributed by atoms with Crippen molar-refractivity contribution in [3.63, 3.8) is 0 Å². The number of hydrogen-bond donors (Lipinski definition) is 0. The average Bonchev–Trinajstić information content (AvgIpc) is 3.13. The number of fused-ring (bicyclic) bond motifs is 3. The molecule has 0 atom stereocenters. The predicted octanol–water partition coefficient (Wildman–Crippen LogP) is 5.31. The Labute approximate surface area is 200 Å². The molecule has 0 unspecified atom stereocenters. The highest BCUT2D eigenvalue weighted by Crippen LogP contribution is 2.51. The maximum atomic E-state index is 12.5. The second kappa shape index (κ2) is 10.1. The summed E-state index contributed by atoms with van der Waals surface area (Å²) >= 11 is 0. The van der Waals surface area contributed by atoms with Crippen LogP contribution in [0.4, 0.5) is 0 Å². The van der Waals surface area contributed by atoms with E-state index >= 15 is 0 Å². The van der Waals surface area contributed by atoms with Gasteiger partial charge in [0.2, 0.25) is 0 Å². The third-order valence-corrected chi connectivity index (χ3v) is 6.19. The molecule has 5 nitrogen and oxygen atoms in total. The summed E-state index contributed by atoms with van der Waals surface area (Å²) in [6, 6.07) is 24.6. The zero-order chi connectivity index (χ0) is 24.1. The van der Waals surface area contributed by atoms with E-state index in [1.54, 1.807) is 6.92 Å². The van der Waals surface area contributed by atoms with Crippen LogP contribution in [0.25, 0.3) is 11.1 Å². The van der Waals surface area contributed by atoms with Crippen LogP contribution >= 0.6 is 0 Å². The number of benzene rings is 3. The monoisotopic (exact) mass is 456 g/mol. The minimum atomic E-state index is -0.447. The molecule has 0 amide bonds. The Morgan fingerprint density at radius 3 is 1.85 bits per heavy atom. The number of ether oxygens (including phenoxy) is 3. The fourth-order valence-electron chi connectivity index (χ4n) is 4.40. The maximum Gasteiger partial charge on any atom is 0.338 e. The molecule has 0 saturated carbocycles. The molecule has 0 aromatic heterocycles. The molecule has 3 aromatic rings. The molecule has 5 heteroatoms. The van der Waals surface area contributed by atoms with Gasteiger partial charge in [0.15, 0.2) is 0 Å². The van der Waals surface area contributed by atoms with Crippen molar-refractivity contribution < 1.29 is 23.8 Å². The minimum absolute atomic E-state index is 0.119. The first kappa shape index (κ1) is 23.5. The van der Waals surface area contributed by atoms with Crippen molar-refractivity contribution in [1.29, 1.82) is 0 Å². The standard InChI is InChI=1S/C29H28O5/c1-20(2)27(30)33-18-16-32-17-19-34-28(31)21-12-14-22(15-13-21)29(3)25-10-6-4-8-23(25)24-9-5-7-11-26(24)29/h4-15H,1,16-19H2,2-3H3. The van der Waals surface area contributed by atoms with Gasteiger partial charge in [-0.3, -0.25) is 0 Å². The van der Waals surface area contributed by atoms with E-state index in [-0.39, 0.29) is 31.8 Å². The fourth-order valence-corrected chi connectivity index (χ4v) is 4.40. The van der Waals surface area contributed by atoms with Gasteiger partial charge in [0.25, 0.3) is 0 Å². The summed E-state index contributed by atoms with van der Waals surface area (Å²) in [5.41, 5.74) is 6.68. The highest BCUT2D eigenvalue weighted by Gasteiger charge is 2.40. The molecule has 174 valence electrons. The van der Waals surface area contributed by atoms with Gasteiger partial charge in [0.1, 0.15) is 13.2 Å². The molecule has 0 spiro atoms. The molecule has 1 aliphatic rings. The molecule has 0 radical (unpaired) electrons. The van der Waals surface area contributed by atoms with E-state index in [1.165, 1.54) is 22.3 Å². The average molecular weight is 457 g/mol. The topological polar surface area (TPSA) is 61.8 Å². The third-order valence-electron chi connectivity index (χ3n) is 6.19. The first-order chi connectivity index (χ1) is 16.4. The van der Waals surface area contributed by atoms with Gasteiger partial charge in [0.05, 0.1) is 18.8 Å². The lowest BCUT2D eigenvalue weighted by Gasteiger charge is -2.28. The molecular formula is C29H28O5. The lowest BCUT2D eigenvalue weighted by Crippen LogP contribution is -2.22. The quantitative estimate of drug-likeness (QED) is 0.248. The number of carbonyl (C=O) groups excluding carboxylic acids is 2. The van der Waals surface area contributed by atoms with Crippen LogP contribution < -0.4 is 0 Å². The first-order valence-electron chi connectivity index (χ1n) is 11.3. The van der Waals surface area contributed by atoms with E-state index in [4.69, 9.17) is 14.2 Å². The van der Waals surface area contributed by atoms with Crippen molar-refractivity contribution in [2.24, 2.45) is 0 Å². The van der Waals surface area contributed by atoms with Crippen LogP contribution in [0, 0.1) is 0 Å². The van der Waals surface area contributed by atoms with Gasteiger partial charge < -0.3 is 14.2 Å². The molecule has 4 rings (SSSR count). The summed E-state index contributed by atoms with van der Waals surface area (Å²) in [5, 5.41) is 0. The van der Waals surface area contributed by atoms with Gasteiger partial charge in [-0.05, 0) is 53.8 Å². The normalized spacial score (nSPS) is 13.0. The SMILES string of the molecule is C=C(C)C(=O)OCCOCCOC(=O)c1ccc(C2(C)c3ccccc3-c3ccccc32)cc1. The molecular weight excluding hydrogens is 428 g/mol. The maximum absolute atomic E-state index is 12.5. The van der Waals surface area contributed by atoms with Crippen LogP contribution in [-0.4, -0.2) is 38.4 Å². The summed E-state index contributed by atoms with van der Waals surface area (Å²) < 4.78 is 15.6. The molecule has 0 heterocycles. The van der Waals surface area contributed by atoms with E-state index in [9.17, 15) is 9.59 Å². The van der Waals surface area contributed by atoms with Gasteiger partial charge >= 0.3 is 11.9 Å². The van der Waals surface area contributed by atoms with E-state index in [0.29, 0.717) is 11.1 Å². The second-order valence-corrected chi connectivity index (χ2v) is 8.46. The Bertz CT molecular complexity index is 1160. The van der Waals surface area contributed by atoms with E-state index in [2.05, 4.69) is 62.0 Å². The summed E-state index contributed by atoms with van der Waals surface area (Å²) in [6.45, 7) is 8.03. The van der Waals surface area contributed by atoms with Gasteiger partial charge in [-0.25, -0.2) is 9.59 Å². The van der Waals surface area contributed by atoms with Gasteiger partial charge in [0, 0.05) is 11.0 Å². The highest BCUT2D eigenvalue weighted by molar-refractivity contribution is 5.90. The van der Waals surface area contributed by atoms with Crippen LogP contribution in [0.15, 0.2) is 84.9 Å². The van der Waals surface area contributed by atoms with Crippen molar-refractivity contribution in [3.8, 4) is 11.1 Å². The minimum Gasteiger partial charge on any atom is -0.460 e. The Morgan fingerprint density at radius 2 is 1.29 bits per heavy atom.